The van der Waals surface area contributed by atoms with Crippen molar-refractivity contribution in [2.45, 2.75) is 18.6 Å². The van der Waals surface area contributed by atoms with Gasteiger partial charge in [0, 0.05) is 41.4 Å². The summed E-state index contributed by atoms with van der Waals surface area (Å²) in [7, 11) is 1.96. The van der Waals surface area contributed by atoms with E-state index in [1.807, 2.05) is 66.5 Å². The molecule has 0 saturated carbocycles. The van der Waals surface area contributed by atoms with Gasteiger partial charge in [-0.05, 0) is 28.3 Å². The van der Waals surface area contributed by atoms with E-state index in [1.54, 1.807) is 0 Å². The van der Waals surface area contributed by atoms with Crippen molar-refractivity contribution in [1.29, 1.82) is 0 Å². The number of nitrogens with zero attached hydrogens (tertiary/aromatic N) is 1. The first-order valence-corrected chi connectivity index (χ1v) is 10.1. The summed E-state index contributed by atoms with van der Waals surface area (Å²) in [6, 6.07) is 22.4. The van der Waals surface area contributed by atoms with Crippen LogP contribution in [0.1, 0.15) is 40.1 Å². The number of aryl methyl sites for hydroxylation is 1. The Morgan fingerprint density at radius 2 is 1.64 bits per heavy atom. The molecular weight excluding hydrogens is 362 g/mol. The van der Waals surface area contributed by atoms with E-state index in [4.69, 9.17) is 0 Å². The van der Waals surface area contributed by atoms with Crippen molar-refractivity contribution in [2.75, 3.05) is 0 Å². The van der Waals surface area contributed by atoms with Gasteiger partial charge in [-0.25, -0.2) is 0 Å². The van der Waals surface area contributed by atoms with Gasteiger partial charge in [0.15, 0.2) is 5.78 Å². The minimum atomic E-state index is 0.0438. The molecular formula is C25H23NOS. The highest BCUT2D eigenvalue weighted by Crippen LogP contribution is 2.33. The number of ketones is 1. The average Bonchev–Trinajstić information content (AvgIpc) is 3.13. The van der Waals surface area contributed by atoms with Crippen LogP contribution >= 0.6 is 12.6 Å². The fourth-order valence-corrected chi connectivity index (χ4v) is 3.86. The first-order valence-electron chi connectivity index (χ1n) is 9.55. The molecule has 0 amide bonds. The molecule has 0 bridgehead atoms. The Balaban J connectivity index is 1.79. The molecule has 4 rings (SSSR count). The Hall–Kier alpha value is -2.78. The number of aromatic nitrogens is 1. The zero-order valence-corrected chi connectivity index (χ0v) is 17.0. The summed E-state index contributed by atoms with van der Waals surface area (Å²) in [6.45, 7) is 2.11. The van der Waals surface area contributed by atoms with Gasteiger partial charge < -0.3 is 4.57 Å². The van der Waals surface area contributed by atoms with Crippen molar-refractivity contribution in [2.24, 2.45) is 7.05 Å². The largest absolute Gasteiger partial charge is 0.356 e. The lowest BCUT2D eigenvalue weighted by Crippen LogP contribution is -2.02. The lowest BCUT2D eigenvalue weighted by atomic mass is 9.94. The second-order valence-electron chi connectivity index (χ2n) is 7.15. The molecule has 0 saturated heterocycles. The highest BCUT2D eigenvalue weighted by Gasteiger charge is 2.18. The lowest BCUT2D eigenvalue weighted by Gasteiger charge is -2.10. The van der Waals surface area contributed by atoms with Gasteiger partial charge in [-0.1, -0.05) is 73.7 Å². The molecule has 4 aromatic rings. The summed E-state index contributed by atoms with van der Waals surface area (Å²) < 4.78 is 1.96. The van der Waals surface area contributed by atoms with Gasteiger partial charge in [0.1, 0.15) is 0 Å². The van der Waals surface area contributed by atoms with Gasteiger partial charge in [-0.2, -0.15) is 12.6 Å². The number of hydrogen-bond donors (Lipinski definition) is 1. The SMILES string of the molecule is CCC(S)c1ccc(C(=O)c2cn(C)cc2-c2cccc3ccccc23)cc1. The van der Waals surface area contributed by atoms with E-state index in [9.17, 15) is 4.79 Å². The predicted molar refractivity (Wildman–Crippen MR) is 120 cm³/mol. The number of benzene rings is 3. The summed E-state index contributed by atoms with van der Waals surface area (Å²) in [4.78, 5) is 13.3. The normalized spacial score (nSPS) is 12.2. The molecule has 0 spiro atoms. The van der Waals surface area contributed by atoms with Crippen LogP contribution in [0.25, 0.3) is 21.9 Å². The molecule has 0 N–H and O–H groups in total. The first-order chi connectivity index (χ1) is 13.6. The van der Waals surface area contributed by atoms with E-state index < -0.39 is 0 Å². The third kappa shape index (κ3) is 3.38. The van der Waals surface area contributed by atoms with E-state index >= 15 is 0 Å². The van der Waals surface area contributed by atoms with Crippen molar-refractivity contribution in [3.05, 3.63) is 95.8 Å². The van der Waals surface area contributed by atoms with E-state index in [2.05, 4.69) is 43.8 Å². The molecule has 0 fully saturated rings. The Labute approximate surface area is 171 Å². The maximum Gasteiger partial charge on any atom is 0.195 e. The number of thiol groups is 1. The maximum absolute atomic E-state index is 13.3. The molecule has 0 aliphatic rings. The second kappa shape index (κ2) is 7.69. The quantitative estimate of drug-likeness (QED) is 0.309. The van der Waals surface area contributed by atoms with Crippen LogP contribution in [-0.4, -0.2) is 10.4 Å². The Morgan fingerprint density at radius 1 is 0.929 bits per heavy atom. The molecule has 2 nitrogen and oxygen atoms in total. The van der Waals surface area contributed by atoms with Crippen LogP contribution in [0.4, 0.5) is 0 Å². The summed E-state index contributed by atoms with van der Waals surface area (Å²) in [5.74, 6) is 0.0438. The molecule has 0 aliphatic carbocycles. The Kier molecular flexibility index (Phi) is 5.10. The molecule has 1 unspecified atom stereocenters. The smallest absolute Gasteiger partial charge is 0.195 e. The molecule has 0 radical (unpaired) electrons. The lowest BCUT2D eigenvalue weighted by molar-refractivity contribution is 0.103. The van der Waals surface area contributed by atoms with Crippen LogP contribution in [0, 0.1) is 0 Å². The molecule has 0 aliphatic heterocycles. The number of carbonyl (C=O) groups excluding carboxylic acids is 1. The van der Waals surface area contributed by atoms with Gasteiger partial charge in [0.25, 0.3) is 0 Å². The highest BCUT2D eigenvalue weighted by molar-refractivity contribution is 7.80. The minimum absolute atomic E-state index is 0.0438. The monoisotopic (exact) mass is 385 g/mol. The fraction of sp³-hybridized carbons (Fsp3) is 0.160. The zero-order chi connectivity index (χ0) is 19.7. The van der Waals surface area contributed by atoms with Crippen molar-refractivity contribution in [3.8, 4) is 11.1 Å². The number of carbonyl (C=O) groups is 1. The fourth-order valence-electron chi connectivity index (χ4n) is 3.69. The third-order valence-electron chi connectivity index (χ3n) is 5.22. The van der Waals surface area contributed by atoms with Crippen molar-refractivity contribution >= 4 is 29.2 Å². The molecule has 3 heteroatoms. The number of hydrogen-bond acceptors (Lipinski definition) is 2. The molecule has 28 heavy (non-hydrogen) atoms. The topological polar surface area (TPSA) is 22.0 Å². The van der Waals surface area contributed by atoms with Gasteiger partial charge in [0.2, 0.25) is 0 Å². The average molecular weight is 386 g/mol. The van der Waals surface area contributed by atoms with Crippen LogP contribution in [0.5, 0.6) is 0 Å². The van der Waals surface area contributed by atoms with E-state index in [0.29, 0.717) is 5.56 Å². The standard InChI is InChI=1S/C25H23NOS/c1-3-24(28)18-11-13-19(14-12-18)25(27)23-16-26(2)15-22(23)21-10-6-8-17-7-4-5-9-20(17)21/h4-16,24,28H,3H2,1-2H3. The molecule has 1 atom stereocenters. The van der Waals surface area contributed by atoms with E-state index in [-0.39, 0.29) is 11.0 Å². The Morgan fingerprint density at radius 3 is 2.39 bits per heavy atom. The summed E-state index contributed by atoms with van der Waals surface area (Å²) in [5.41, 5.74) is 4.62. The summed E-state index contributed by atoms with van der Waals surface area (Å²) in [6.07, 6.45) is 4.91. The van der Waals surface area contributed by atoms with Crippen LogP contribution in [0.2, 0.25) is 0 Å². The van der Waals surface area contributed by atoms with Crippen molar-refractivity contribution in [3.63, 3.8) is 0 Å². The van der Waals surface area contributed by atoms with Crippen LogP contribution in [0.3, 0.4) is 0 Å². The predicted octanol–water partition coefficient (Wildman–Crippen LogP) is 6.46. The minimum Gasteiger partial charge on any atom is -0.356 e. The second-order valence-corrected chi connectivity index (χ2v) is 7.78. The van der Waals surface area contributed by atoms with Crippen LogP contribution in [0.15, 0.2) is 79.1 Å². The highest BCUT2D eigenvalue weighted by atomic mass is 32.1. The molecule has 3 aromatic carbocycles. The number of fused-ring (bicyclic) bond motifs is 1. The summed E-state index contributed by atoms with van der Waals surface area (Å²) in [5, 5.41) is 2.53. The van der Waals surface area contributed by atoms with Gasteiger partial charge in [-0.15, -0.1) is 0 Å². The number of rotatable bonds is 5. The van der Waals surface area contributed by atoms with Crippen LogP contribution < -0.4 is 0 Å². The van der Waals surface area contributed by atoms with Crippen molar-refractivity contribution in [1.82, 2.24) is 4.57 Å². The third-order valence-corrected chi connectivity index (χ3v) is 5.89. The summed E-state index contributed by atoms with van der Waals surface area (Å²) >= 11 is 4.59. The molecule has 1 aromatic heterocycles. The van der Waals surface area contributed by atoms with Gasteiger partial charge >= 0.3 is 0 Å². The van der Waals surface area contributed by atoms with Crippen LogP contribution in [-0.2, 0) is 7.05 Å². The molecule has 1 heterocycles. The van der Waals surface area contributed by atoms with Gasteiger partial charge in [-0.3, -0.25) is 4.79 Å². The van der Waals surface area contributed by atoms with Crippen molar-refractivity contribution < 1.29 is 4.79 Å². The van der Waals surface area contributed by atoms with Gasteiger partial charge in [0.05, 0.1) is 0 Å². The maximum atomic E-state index is 13.3. The van der Waals surface area contributed by atoms with E-state index in [0.717, 1.165) is 34.1 Å². The zero-order valence-electron chi connectivity index (χ0n) is 16.1. The molecule has 140 valence electrons. The first kappa shape index (κ1) is 18.6. The Bertz CT molecular complexity index is 1140. The van der Waals surface area contributed by atoms with E-state index in [1.165, 1.54) is 5.39 Å².